The summed E-state index contributed by atoms with van der Waals surface area (Å²) in [5, 5.41) is 12.8. The quantitative estimate of drug-likeness (QED) is 0.790. The molecule has 1 saturated heterocycles. The highest BCUT2D eigenvalue weighted by molar-refractivity contribution is 5.78. The van der Waals surface area contributed by atoms with Crippen LogP contribution >= 0.6 is 0 Å². The average molecular weight is 255 g/mol. The van der Waals surface area contributed by atoms with Crippen LogP contribution in [0.3, 0.4) is 0 Å². The molecule has 0 aromatic heterocycles. The molecule has 2 atom stereocenters. The number of carboxylic acids is 1. The zero-order chi connectivity index (χ0) is 13.0. The fourth-order valence-corrected chi connectivity index (χ4v) is 3.21. The van der Waals surface area contributed by atoms with Gasteiger partial charge in [0, 0.05) is 13.2 Å². The van der Waals surface area contributed by atoms with Crippen molar-refractivity contribution < 1.29 is 14.6 Å². The van der Waals surface area contributed by atoms with Crippen LogP contribution in [-0.4, -0.2) is 35.9 Å². The molecule has 4 nitrogen and oxygen atoms in total. The van der Waals surface area contributed by atoms with Crippen molar-refractivity contribution in [1.29, 1.82) is 0 Å². The predicted molar refractivity (Wildman–Crippen MR) is 69.6 cm³/mol. The Balaban J connectivity index is 1.93. The van der Waals surface area contributed by atoms with Crippen LogP contribution in [0.15, 0.2) is 0 Å². The smallest absolute Gasteiger partial charge is 0.323 e. The van der Waals surface area contributed by atoms with Crippen molar-refractivity contribution in [3.63, 3.8) is 0 Å². The average Bonchev–Trinajstić information content (AvgIpc) is 2.90. The fourth-order valence-electron chi connectivity index (χ4n) is 3.21. The van der Waals surface area contributed by atoms with Gasteiger partial charge in [-0.3, -0.25) is 10.1 Å². The Kier molecular flexibility index (Phi) is 4.62. The molecule has 2 unspecified atom stereocenters. The Morgan fingerprint density at radius 1 is 1.28 bits per heavy atom. The molecule has 0 amide bonds. The normalized spacial score (nSPS) is 29.1. The third kappa shape index (κ3) is 3.04. The highest BCUT2D eigenvalue weighted by atomic mass is 16.5. The molecule has 0 spiro atoms. The molecule has 0 aromatic rings. The number of hydrogen-bond acceptors (Lipinski definition) is 3. The first-order valence-corrected chi connectivity index (χ1v) is 7.23. The van der Waals surface area contributed by atoms with Gasteiger partial charge in [0.1, 0.15) is 5.54 Å². The van der Waals surface area contributed by atoms with Crippen molar-refractivity contribution >= 4 is 5.97 Å². The predicted octanol–water partition coefficient (Wildman–Crippen LogP) is 2.18. The maximum atomic E-state index is 11.6. The Hall–Kier alpha value is -0.610. The van der Waals surface area contributed by atoms with Crippen LogP contribution in [0.5, 0.6) is 0 Å². The monoisotopic (exact) mass is 255 g/mol. The van der Waals surface area contributed by atoms with Crippen molar-refractivity contribution in [2.45, 2.75) is 63.5 Å². The van der Waals surface area contributed by atoms with Gasteiger partial charge in [-0.25, -0.2) is 0 Å². The van der Waals surface area contributed by atoms with Gasteiger partial charge in [0.2, 0.25) is 0 Å². The zero-order valence-electron chi connectivity index (χ0n) is 11.3. The van der Waals surface area contributed by atoms with Crippen molar-refractivity contribution in [3.05, 3.63) is 0 Å². The maximum Gasteiger partial charge on any atom is 0.323 e. The van der Waals surface area contributed by atoms with Crippen LogP contribution in [0.1, 0.15) is 51.9 Å². The Labute approximate surface area is 109 Å². The number of carboxylic acid groups (broad SMARTS) is 1. The first-order chi connectivity index (χ1) is 8.63. The molecule has 1 heterocycles. The van der Waals surface area contributed by atoms with Gasteiger partial charge in [-0.1, -0.05) is 19.3 Å². The van der Waals surface area contributed by atoms with Gasteiger partial charge in [-0.15, -0.1) is 0 Å². The lowest BCUT2D eigenvalue weighted by Gasteiger charge is -2.37. The van der Waals surface area contributed by atoms with E-state index in [0.717, 1.165) is 45.1 Å². The second-order valence-electron chi connectivity index (χ2n) is 5.86. The van der Waals surface area contributed by atoms with Crippen LogP contribution in [0, 0.1) is 5.92 Å². The Morgan fingerprint density at radius 2 is 2.00 bits per heavy atom. The van der Waals surface area contributed by atoms with Crippen molar-refractivity contribution in [2.24, 2.45) is 5.92 Å². The Bertz CT molecular complexity index is 283. The fraction of sp³-hybridized carbons (Fsp3) is 0.929. The molecule has 1 saturated carbocycles. The maximum absolute atomic E-state index is 11.6. The summed E-state index contributed by atoms with van der Waals surface area (Å²) in [5.74, 6) is -0.461. The second kappa shape index (κ2) is 6.02. The van der Waals surface area contributed by atoms with Crippen LogP contribution in [0.4, 0.5) is 0 Å². The summed E-state index contributed by atoms with van der Waals surface area (Å²) in [6, 6.07) is 0. The number of carbonyl (C=O) groups is 1. The Morgan fingerprint density at radius 3 is 2.56 bits per heavy atom. The lowest BCUT2D eigenvalue weighted by Crippen LogP contribution is -2.57. The third-order valence-electron chi connectivity index (χ3n) is 4.59. The number of rotatable bonds is 5. The molecular formula is C14H25NO3. The summed E-state index contributed by atoms with van der Waals surface area (Å²) in [6.07, 6.45) is 7.98. The molecule has 104 valence electrons. The first-order valence-electron chi connectivity index (χ1n) is 7.23. The van der Waals surface area contributed by atoms with E-state index in [0.29, 0.717) is 6.54 Å². The van der Waals surface area contributed by atoms with Crippen molar-refractivity contribution in [1.82, 2.24) is 5.32 Å². The highest BCUT2D eigenvalue weighted by Gasteiger charge is 2.41. The number of hydrogen-bond donors (Lipinski definition) is 2. The largest absolute Gasteiger partial charge is 0.480 e. The SMILES string of the molecule is CC(NCC1CCCO1)(C(=O)O)C1CCCCC1. The van der Waals surface area contributed by atoms with E-state index in [1.165, 1.54) is 6.42 Å². The molecule has 2 fully saturated rings. The van der Waals surface area contributed by atoms with E-state index < -0.39 is 11.5 Å². The molecule has 0 bridgehead atoms. The zero-order valence-corrected chi connectivity index (χ0v) is 11.3. The molecular weight excluding hydrogens is 230 g/mol. The van der Waals surface area contributed by atoms with Gasteiger partial charge in [0.25, 0.3) is 0 Å². The number of aliphatic carboxylic acids is 1. The van der Waals surface area contributed by atoms with Crippen molar-refractivity contribution in [3.8, 4) is 0 Å². The van der Waals surface area contributed by atoms with E-state index in [2.05, 4.69) is 5.32 Å². The van der Waals surface area contributed by atoms with Gasteiger partial charge in [-0.05, 0) is 38.5 Å². The van der Waals surface area contributed by atoms with Gasteiger partial charge in [-0.2, -0.15) is 0 Å². The highest BCUT2D eigenvalue weighted by Crippen LogP contribution is 2.33. The van der Waals surface area contributed by atoms with Gasteiger partial charge in [0.05, 0.1) is 6.10 Å². The van der Waals surface area contributed by atoms with Crippen LogP contribution in [-0.2, 0) is 9.53 Å². The van der Waals surface area contributed by atoms with E-state index in [-0.39, 0.29) is 12.0 Å². The van der Waals surface area contributed by atoms with Gasteiger partial charge < -0.3 is 9.84 Å². The lowest BCUT2D eigenvalue weighted by molar-refractivity contribution is -0.147. The van der Waals surface area contributed by atoms with E-state index in [4.69, 9.17) is 4.74 Å². The summed E-state index contributed by atoms with van der Waals surface area (Å²) in [4.78, 5) is 11.6. The molecule has 18 heavy (non-hydrogen) atoms. The summed E-state index contributed by atoms with van der Waals surface area (Å²) in [6.45, 7) is 3.33. The van der Waals surface area contributed by atoms with Crippen LogP contribution in [0.2, 0.25) is 0 Å². The van der Waals surface area contributed by atoms with Gasteiger partial charge in [0.15, 0.2) is 0 Å². The minimum atomic E-state index is -0.785. The lowest BCUT2D eigenvalue weighted by atomic mass is 9.75. The molecule has 0 aromatic carbocycles. The molecule has 2 aliphatic rings. The first kappa shape index (κ1) is 13.8. The minimum absolute atomic E-state index is 0.201. The summed E-state index contributed by atoms with van der Waals surface area (Å²) in [7, 11) is 0. The van der Waals surface area contributed by atoms with Crippen molar-refractivity contribution in [2.75, 3.05) is 13.2 Å². The van der Waals surface area contributed by atoms with E-state index in [1.54, 1.807) is 0 Å². The number of ether oxygens (including phenoxy) is 1. The minimum Gasteiger partial charge on any atom is -0.480 e. The summed E-state index contributed by atoms with van der Waals surface area (Å²) >= 11 is 0. The molecule has 0 radical (unpaired) electrons. The second-order valence-corrected chi connectivity index (χ2v) is 5.86. The van der Waals surface area contributed by atoms with E-state index in [9.17, 15) is 9.90 Å². The molecule has 4 heteroatoms. The number of nitrogens with one attached hydrogen (secondary N) is 1. The molecule has 1 aliphatic carbocycles. The van der Waals surface area contributed by atoms with E-state index in [1.807, 2.05) is 6.92 Å². The topological polar surface area (TPSA) is 58.6 Å². The molecule has 2 N–H and O–H groups in total. The molecule has 2 rings (SSSR count). The third-order valence-corrected chi connectivity index (χ3v) is 4.59. The van der Waals surface area contributed by atoms with E-state index >= 15 is 0 Å². The summed E-state index contributed by atoms with van der Waals surface area (Å²) in [5.41, 5.74) is -0.785. The van der Waals surface area contributed by atoms with Gasteiger partial charge >= 0.3 is 5.97 Å². The molecule has 1 aliphatic heterocycles. The standard InChI is InChI=1S/C14H25NO3/c1-14(13(16)17,11-6-3-2-4-7-11)15-10-12-8-5-9-18-12/h11-12,15H,2-10H2,1H3,(H,16,17). The summed E-state index contributed by atoms with van der Waals surface area (Å²) < 4.78 is 5.56. The van der Waals surface area contributed by atoms with Crippen LogP contribution in [0.25, 0.3) is 0 Å². The van der Waals surface area contributed by atoms with Crippen LogP contribution < -0.4 is 5.32 Å².